The molecule has 0 aliphatic carbocycles. The molecule has 6 nitrogen and oxygen atoms in total. The number of nitrogens with zero attached hydrogens (tertiary/aromatic N) is 4. The Morgan fingerprint density at radius 2 is 2.00 bits per heavy atom. The minimum atomic E-state index is -0.253. The van der Waals surface area contributed by atoms with Crippen LogP contribution in [-0.2, 0) is 4.74 Å². The highest BCUT2D eigenvalue weighted by molar-refractivity contribution is 5.88. The van der Waals surface area contributed by atoms with Crippen LogP contribution in [0.25, 0.3) is 22.3 Å². The molecule has 134 valence electrons. The maximum atomic E-state index is 14.8. The van der Waals surface area contributed by atoms with Gasteiger partial charge in [0.1, 0.15) is 11.3 Å². The second kappa shape index (κ2) is 7.21. The van der Waals surface area contributed by atoms with E-state index in [9.17, 15) is 4.39 Å². The van der Waals surface area contributed by atoms with Crippen LogP contribution in [0.3, 0.4) is 0 Å². The normalized spacial score (nSPS) is 15.1. The van der Waals surface area contributed by atoms with Gasteiger partial charge in [0.05, 0.1) is 23.5 Å². The monoisotopic (exact) mass is 353 g/mol. The Labute approximate surface area is 151 Å². The number of fused-ring (bicyclic) bond motifs is 1. The molecule has 4 rings (SSSR count). The van der Waals surface area contributed by atoms with Crippen molar-refractivity contribution in [2.75, 3.05) is 43.6 Å². The molecule has 3 aromatic rings. The highest BCUT2D eigenvalue weighted by Crippen LogP contribution is 2.29. The Bertz CT molecular complexity index is 925. The molecule has 1 N–H and O–H groups in total. The number of benzene rings is 1. The van der Waals surface area contributed by atoms with Crippen LogP contribution < -0.4 is 10.2 Å². The molecule has 1 aliphatic heterocycles. The lowest BCUT2D eigenvalue weighted by molar-refractivity contribution is 0.152. The molecule has 26 heavy (non-hydrogen) atoms. The molecule has 7 heteroatoms. The molecular formula is C19H20FN5O. The van der Waals surface area contributed by atoms with Gasteiger partial charge in [-0.25, -0.2) is 14.4 Å². The summed E-state index contributed by atoms with van der Waals surface area (Å²) in [6.07, 6.45) is 4.16. The standard InChI is InChI=1S/C19H20FN5O/c1-21-19-18-16(22-5-6-23-18)12-15(24-19)13-3-4-17(14(20)11-13)25-7-2-9-26-10-8-25/h3-6,11-12H,2,7-10H2,1H3,(H,21,24). The maximum absolute atomic E-state index is 14.8. The van der Waals surface area contributed by atoms with Crippen molar-refractivity contribution in [3.8, 4) is 11.3 Å². The minimum Gasteiger partial charge on any atom is -0.380 e. The maximum Gasteiger partial charge on any atom is 0.154 e. The molecular weight excluding hydrogens is 333 g/mol. The van der Waals surface area contributed by atoms with Crippen LogP contribution in [0.5, 0.6) is 0 Å². The summed E-state index contributed by atoms with van der Waals surface area (Å²) in [6, 6.07) is 7.08. The van der Waals surface area contributed by atoms with Crippen molar-refractivity contribution in [2.45, 2.75) is 6.42 Å². The number of aromatic nitrogens is 3. The Morgan fingerprint density at radius 3 is 2.85 bits per heavy atom. The van der Waals surface area contributed by atoms with Gasteiger partial charge in [0.15, 0.2) is 5.82 Å². The summed E-state index contributed by atoms with van der Waals surface area (Å²) in [4.78, 5) is 15.3. The first-order chi connectivity index (χ1) is 12.8. The van der Waals surface area contributed by atoms with E-state index in [1.54, 1.807) is 19.4 Å². The van der Waals surface area contributed by atoms with Gasteiger partial charge < -0.3 is 15.0 Å². The average Bonchev–Trinajstić information content (AvgIpc) is 2.96. The molecule has 0 spiro atoms. The van der Waals surface area contributed by atoms with Crippen LogP contribution in [0, 0.1) is 5.82 Å². The second-order valence-corrected chi connectivity index (χ2v) is 6.15. The third-order valence-electron chi connectivity index (χ3n) is 4.50. The zero-order chi connectivity index (χ0) is 17.9. The molecule has 0 amide bonds. The summed E-state index contributed by atoms with van der Waals surface area (Å²) in [5.74, 6) is 0.371. The lowest BCUT2D eigenvalue weighted by Gasteiger charge is -2.22. The molecule has 2 aromatic heterocycles. The second-order valence-electron chi connectivity index (χ2n) is 6.15. The van der Waals surface area contributed by atoms with Crippen LogP contribution in [0.15, 0.2) is 36.7 Å². The zero-order valence-electron chi connectivity index (χ0n) is 14.6. The Morgan fingerprint density at radius 1 is 1.12 bits per heavy atom. The van der Waals surface area contributed by atoms with Gasteiger partial charge in [0, 0.05) is 44.7 Å². The molecule has 0 saturated carbocycles. The molecule has 1 saturated heterocycles. The first-order valence-electron chi connectivity index (χ1n) is 8.68. The van der Waals surface area contributed by atoms with Crippen molar-refractivity contribution in [1.29, 1.82) is 0 Å². The lowest BCUT2D eigenvalue weighted by atomic mass is 10.1. The van der Waals surface area contributed by atoms with Crippen molar-refractivity contribution in [2.24, 2.45) is 0 Å². The van der Waals surface area contributed by atoms with E-state index in [-0.39, 0.29) is 5.82 Å². The first kappa shape index (κ1) is 16.7. The number of hydrogen-bond donors (Lipinski definition) is 1. The van der Waals surface area contributed by atoms with Crippen molar-refractivity contribution in [3.05, 3.63) is 42.5 Å². The number of pyridine rings is 1. The van der Waals surface area contributed by atoms with Gasteiger partial charge in [-0.3, -0.25) is 4.98 Å². The molecule has 0 bridgehead atoms. The van der Waals surface area contributed by atoms with Gasteiger partial charge in [0.2, 0.25) is 0 Å². The minimum absolute atomic E-state index is 0.253. The predicted octanol–water partition coefficient (Wildman–Crippen LogP) is 3.10. The van der Waals surface area contributed by atoms with E-state index in [0.29, 0.717) is 41.4 Å². The summed E-state index contributed by atoms with van der Waals surface area (Å²) < 4.78 is 20.2. The fraction of sp³-hybridized carbons (Fsp3) is 0.316. The van der Waals surface area contributed by atoms with Crippen LogP contribution >= 0.6 is 0 Å². The van der Waals surface area contributed by atoms with Crippen molar-refractivity contribution >= 4 is 22.5 Å². The number of anilines is 2. The number of rotatable bonds is 3. The molecule has 0 radical (unpaired) electrons. The quantitative estimate of drug-likeness (QED) is 0.781. The molecule has 1 fully saturated rings. The summed E-state index contributed by atoms with van der Waals surface area (Å²) in [5, 5.41) is 3.04. The third kappa shape index (κ3) is 3.17. The Kier molecular flexibility index (Phi) is 4.62. The average molecular weight is 353 g/mol. The molecule has 1 aromatic carbocycles. The van der Waals surface area contributed by atoms with Gasteiger partial charge in [-0.05, 0) is 24.6 Å². The summed E-state index contributed by atoms with van der Waals surface area (Å²) in [6.45, 7) is 2.84. The summed E-state index contributed by atoms with van der Waals surface area (Å²) in [5.41, 5.74) is 3.39. The summed E-state index contributed by atoms with van der Waals surface area (Å²) in [7, 11) is 1.78. The fourth-order valence-electron chi connectivity index (χ4n) is 3.20. The number of halogens is 1. The number of nitrogens with one attached hydrogen (secondary N) is 1. The zero-order valence-corrected chi connectivity index (χ0v) is 14.6. The summed E-state index contributed by atoms with van der Waals surface area (Å²) >= 11 is 0. The van der Waals surface area contributed by atoms with Crippen LogP contribution in [0.1, 0.15) is 6.42 Å². The van der Waals surface area contributed by atoms with E-state index in [2.05, 4.69) is 20.3 Å². The molecule has 0 atom stereocenters. The SMILES string of the molecule is CNc1nc(-c2ccc(N3CCCOCC3)c(F)c2)cc2nccnc12. The predicted molar refractivity (Wildman–Crippen MR) is 99.9 cm³/mol. The van der Waals surface area contributed by atoms with Crippen LogP contribution in [0.4, 0.5) is 15.9 Å². The van der Waals surface area contributed by atoms with Gasteiger partial charge >= 0.3 is 0 Å². The van der Waals surface area contributed by atoms with E-state index in [1.165, 1.54) is 6.07 Å². The largest absolute Gasteiger partial charge is 0.380 e. The highest BCUT2D eigenvalue weighted by Gasteiger charge is 2.16. The van der Waals surface area contributed by atoms with Gasteiger partial charge in [-0.15, -0.1) is 0 Å². The first-order valence-corrected chi connectivity index (χ1v) is 8.68. The van der Waals surface area contributed by atoms with Crippen molar-refractivity contribution < 1.29 is 9.13 Å². The molecule has 0 unspecified atom stereocenters. The number of ether oxygens (including phenoxy) is 1. The van der Waals surface area contributed by atoms with Gasteiger partial charge in [0.25, 0.3) is 0 Å². The fourth-order valence-corrected chi connectivity index (χ4v) is 3.20. The van der Waals surface area contributed by atoms with E-state index >= 15 is 0 Å². The van der Waals surface area contributed by atoms with Crippen molar-refractivity contribution in [1.82, 2.24) is 15.0 Å². The van der Waals surface area contributed by atoms with Crippen LogP contribution in [-0.4, -0.2) is 48.3 Å². The highest BCUT2D eigenvalue weighted by atomic mass is 19.1. The Balaban J connectivity index is 1.72. The lowest BCUT2D eigenvalue weighted by Crippen LogP contribution is -2.26. The van der Waals surface area contributed by atoms with Gasteiger partial charge in [-0.1, -0.05) is 6.07 Å². The number of hydrogen-bond acceptors (Lipinski definition) is 6. The topological polar surface area (TPSA) is 63.2 Å². The van der Waals surface area contributed by atoms with E-state index < -0.39 is 0 Å². The van der Waals surface area contributed by atoms with E-state index in [4.69, 9.17) is 4.74 Å². The van der Waals surface area contributed by atoms with Gasteiger partial charge in [-0.2, -0.15) is 0 Å². The Hall–Kier alpha value is -2.80. The molecule has 3 heterocycles. The van der Waals surface area contributed by atoms with Crippen LogP contribution in [0.2, 0.25) is 0 Å². The van der Waals surface area contributed by atoms with E-state index in [1.807, 2.05) is 23.1 Å². The van der Waals surface area contributed by atoms with E-state index in [0.717, 1.165) is 25.1 Å². The molecule has 1 aliphatic rings. The smallest absolute Gasteiger partial charge is 0.154 e. The third-order valence-corrected chi connectivity index (χ3v) is 4.50. The van der Waals surface area contributed by atoms with Crippen molar-refractivity contribution in [3.63, 3.8) is 0 Å².